The van der Waals surface area contributed by atoms with E-state index in [2.05, 4.69) is 0 Å². The lowest BCUT2D eigenvalue weighted by Gasteiger charge is -2.21. The fourth-order valence-corrected chi connectivity index (χ4v) is 5.86. The quantitative estimate of drug-likeness (QED) is 0.797. The van der Waals surface area contributed by atoms with Gasteiger partial charge in [-0.05, 0) is 55.2 Å². The van der Waals surface area contributed by atoms with Gasteiger partial charge in [-0.3, -0.25) is 0 Å². The Balaban J connectivity index is 1.82. The van der Waals surface area contributed by atoms with Crippen LogP contribution in [0.1, 0.15) is 12.8 Å². The van der Waals surface area contributed by atoms with Gasteiger partial charge in [-0.25, -0.2) is 16.8 Å². The van der Waals surface area contributed by atoms with Crippen molar-refractivity contribution in [2.45, 2.75) is 27.5 Å². The first kappa shape index (κ1) is 18.1. The lowest BCUT2D eigenvalue weighted by atomic mass is 10.0. The maximum Gasteiger partial charge on any atom is 0.206 e. The topological polar surface area (TPSA) is 77.5 Å². The van der Waals surface area contributed by atoms with Crippen LogP contribution in [-0.2, 0) is 24.4 Å². The smallest absolute Gasteiger partial charge is 0.206 e. The highest BCUT2D eigenvalue weighted by molar-refractivity contribution is 7.92. The molecule has 0 aromatic heterocycles. The minimum absolute atomic E-state index is 0.0706. The summed E-state index contributed by atoms with van der Waals surface area (Å²) in [6.45, 7) is 1.18. The minimum Gasteiger partial charge on any atom is -0.381 e. The first-order chi connectivity index (χ1) is 11.9. The molecule has 1 saturated heterocycles. The summed E-state index contributed by atoms with van der Waals surface area (Å²) >= 11 is 0. The lowest BCUT2D eigenvalue weighted by molar-refractivity contribution is 0.0723. The summed E-state index contributed by atoms with van der Waals surface area (Å²) in [4.78, 5) is 0.433. The van der Waals surface area contributed by atoms with Crippen LogP contribution in [0.3, 0.4) is 0 Å². The molecular formula is C18H20O5S2. The molecule has 134 valence electrons. The maximum atomic E-state index is 12.5. The van der Waals surface area contributed by atoms with E-state index < -0.39 is 19.7 Å². The van der Waals surface area contributed by atoms with Crippen molar-refractivity contribution in [1.82, 2.24) is 0 Å². The second kappa shape index (κ2) is 7.27. The number of ether oxygens (including phenoxy) is 1. The van der Waals surface area contributed by atoms with Crippen molar-refractivity contribution >= 4 is 19.7 Å². The predicted octanol–water partition coefficient (Wildman–Crippen LogP) is 2.72. The third-order valence-electron chi connectivity index (χ3n) is 4.34. The summed E-state index contributed by atoms with van der Waals surface area (Å²) in [5.74, 6) is 0.160. The number of hydrogen-bond acceptors (Lipinski definition) is 5. The SMILES string of the molecule is O=S(=O)(CC1CCOCC1)c1ccc(S(=O)(=O)c2ccccc2)cc1. The van der Waals surface area contributed by atoms with Crippen LogP contribution in [0.15, 0.2) is 69.3 Å². The zero-order valence-electron chi connectivity index (χ0n) is 13.7. The van der Waals surface area contributed by atoms with Crippen molar-refractivity contribution < 1.29 is 21.6 Å². The third kappa shape index (κ3) is 4.11. The fraction of sp³-hybridized carbons (Fsp3) is 0.333. The van der Waals surface area contributed by atoms with Crippen LogP contribution in [0, 0.1) is 5.92 Å². The molecule has 0 bridgehead atoms. The molecule has 5 nitrogen and oxygen atoms in total. The highest BCUT2D eigenvalue weighted by Gasteiger charge is 2.24. The van der Waals surface area contributed by atoms with E-state index in [1.165, 1.54) is 36.4 Å². The molecule has 25 heavy (non-hydrogen) atoms. The van der Waals surface area contributed by atoms with Crippen LogP contribution in [0.25, 0.3) is 0 Å². The molecule has 0 unspecified atom stereocenters. The fourth-order valence-electron chi connectivity index (χ4n) is 2.88. The van der Waals surface area contributed by atoms with Crippen LogP contribution in [0.5, 0.6) is 0 Å². The summed E-state index contributed by atoms with van der Waals surface area (Å²) in [7, 11) is -7.08. The third-order valence-corrected chi connectivity index (χ3v) is 8.03. The summed E-state index contributed by atoms with van der Waals surface area (Å²) in [6, 6.07) is 13.6. The van der Waals surface area contributed by atoms with E-state index in [0.717, 1.165) is 12.8 Å². The summed E-state index contributed by atoms with van der Waals surface area (Å²) in [5.41, 5.74) is 0. The second-order valence-electron chi connectivity index (χ2n) is 6.13. The summed E-state index contributed by atoms with van der Waals surface area (Å²) in [5, 5.41) is 0. The standard InChI is InChI=1S/C18H20O5S2/c19-24(20,14-15-10-12-23-13-11-15)16-6-8-18(9-7-16)25(21,22)17-4-2-1-3-5-17/h1-9,15H,10-14H2. The van der Waals surface area contributed by atoms with Crippen molar-refractivity contribution in [2.24, 2.45) is 5.92 Å². The van der Waals surface area contributed by atoms with Crippen LogP contribution in [-0.4, -0.2) is 35.8 Å². The zero-order chi connectivity index (χ0) is 17.9. The number of sulfone groups is 2. The van der Waals surface area contributed by atoms with Crippen molar-refractivity contribution in [3.8, 4) is 0 Å². The largest absolute Gasteiger partial charge is 0.381 e. The Morgan fingerprint density at radius 2 is 1.28 bits per heavy atom. The number of rotatable bonds is 5. The molecule has 3 rings (SSSR count). The van der Waals surface area contributed by atoms with E-state index in [1.807, 2.05) is 0 Å². The molecular weight excluding hydrogens is 360 g/mol. The van der Waals surface area contributed by atoms with Gasteiger partial charge in [0.25, 0.3) is 0 Å². The van der Waals surface area contributed by atoms with Crippen LogP contribution in [0.4, 0.5) is 0 Å². The van der Waals surface area contributed by atoms with E-state index in [-0.39, 0.29) is 26.4 Å². The van der Waals surface area contributed by atoms with Gasteiger partial charge in [-0.1, -0.05) is 18.2 Å². The number of benzene rings is 2. The molecule has 0 aliphatic carbocycles. The molecule has 0 amide bonds. The van der Waals surface area contributed by atoms with Crippen molar-refractivity contribution in [3.05, 3.63) is 54.6 Å². The number of hydrogen-bond donors (Lipinski definition) is 0. The van der Waals surface area contributed by atoms with E-state index in [9.17, 15) is 16.8 Å². The van der Waals surface area contributed by atoms with E-state index in [4.69, 9.17) is 4.74 Å². The van der Waals surface area contributed by atoms with Gasteiger partial charge in [0.05, 0.1) is 20.4 Å². The van der Waals surface area contributed by atoms with Crippen LogP contribution >= 0.6 is 0 Å². The average Bonchev–Trinajstić information content (AvgIpc) is 2.63. The van der Waals surface area contributed by atoms with Crippen molar-refractivity contribution in [1.29, 1.82) is 0 Å². The van der Waals surface area contributed by atoms with Gasteiger partial charge in [0.2, 0.25) is 9.84 Å². The van der Waals surface area contributed by atoms with E-state index in [0.29, 0.717) is 13.2 Å². The minimum atomic E-state index is -3.64. The van der Waals surface area contributed by atoms with Crippen molar-refractivity contribution in [2.75, 3.05) is 19.0 Å². The lowest BCUT2D eigenvalue weighted by Crippen LogP contribution is -2.23. The van der Waals surface area contributed by atoms with Crippen LogP contribution in [0.2, 0.25) is 0 Å². The maximum absolute atomic E-state index is 12.5. The molecule has 1 aliphatic rings. The molecule has 0 N–H and O–H groups in total. The van der Waals surface area contributed by atoms with Gasteiger partial charge in [0.15, 0.2) is 9.84 Å². The zero-order valence-corrected chi connectivity index (χ0v) is 15.3. The normalized spacial score (nSPS) is 16.6. The molecule has 2 aromatic rings. The molecule has 0 radical (unpaired) electrons. The Hall–Kier alpha value is -1.70. The predicted molar refractivity (Wildman–Crippen MR) is 93.9 cm³/mol. The molecule has 0 atom stereocenters. The first-order valence-corrected chi connectivity index (χ1v) is 11.2. The van der Waals surface area contributed by atoms with Gasteiger partial charge in [0, 0.05) is 13.2 Å². The van der Waals surface area contributed by atoms with Crippen LogP contribution < -0.4 is 0 Å². The molecule has 2 aromatic carbocycles. The van der Waals surface area contributed by atoms with Crippen molar-refractivity contribution in [3.63, 3.8) is 0 Å². The van der Waals surface area contributed by atoms with Gasteiger partial charge in [0.1, 0.15) is 0 Å². The highest BCUT2D eigenvalue weighted by atomic mass is 32.2. The molecule has 1 fully saturated rings. The Morgan fingerprint density at radius 1 is 0.760 bits per heavy atom. The monoisotopic (exact) mass is 380 g/mol. The van der Waals surface area contributed by atoms with Gasteiger partial charge >= 0.3 is 0 Å². The molecule has 1 aliphatic heterocycles. The Kier molecular flexibility index (Phi) is 5.27. The van der Waals surface area contributed by atoms with E-state index >= 15 is 0 Å². The van der Waals surface area contributed by atoms with Gasteiger partial charge < -0.3 is 4.74 Å². The molecule has 0 saturated carbocycles. The Bertz CT molecular complexity index is 911. The second-order valence-corrected chi connectivity index (χ2v) is 10.1. The molecule has 1 heterocycles. The summed E-state index contributed by atoms with van der Waals surface area (Å²) < 4.78 is 55.4. The molecule has 7 heteroatoms. The first-order valence-electron chi connectivity index (χ1n) is 8.10. The van der Waals surface area contributed by atoms with Gasteiger partial charge in [-0.15, -0.1) is 0 Å². The average molecular weight is 380 g/mol. The Labute approximate surface area is 148 Å². The molecule has 0 spiro atoms. The highest BCUT2D eigenvalue weighted by Crippen LogP contribution is 2.25. The van der Waals surface area contributed by atoms with Gasteiger partial charge in [-0.2, -0.15) is 0 Å². The van der Waals surface area contributed by atoms with E-state index in [1.54, 1.807) is 18.2 Å². The summed E-state index contributed by atoms with van der Waals surface area (Å²) in [6.07, 6.45) is 1.47. The Morgan fingerprint density at radius 3 is 1.88 bits per heavy atom.